The largest absolute Gasteiger partial charge is 0.480 e. The van der Waals surface area contributed by atoms with Crippen molar-refractivity contribution in [2.75, 3.05) is 5.32 Å². The zero-order valence-electron chi connectivity index (χ0n) is 12.4. The average molecular weight is 342 g/mol. The van der Waals surface area contributed by atoms with Crippen molar-refractivity contribution in [3.05, 3.63) is 53.1 Å². The van der Waals surface area contributed by atoms with Gasteiger partial charge >= 0.3 is 0 Å². The maximum atomic E-state index is 12.4. The average Bonchev–Trinajstić information content (AvgIpc) is 3.24. The number of hydrogen-bond acceptors (Lipinski definition) is 5. The number of halogens is 1. The Labute approximate surface area is 142 Å². The lowest BCUT2D eigenvalue weighted by Crippen LogP contribution is -2.31. The third kappa shape index (κ3) is 2.81. The summed E-state index contributed by atoms with van der Waals surface area (Å²) in [6.07, 6.45) is -0.0843. The van der Waals surface area contributed by atoms with Gasteiger partial charge in [-0.2, -0.15) is 5.21 Å². The molecule has 0 saturated heterocycles. The fraction of sp³-hybridized carbons (Fsp3) is 0.125. The number of ether oxygens (including phenoxy) is 1. The van der Waals surface area contributed by atoms with E-state index in [2.05, 4.69) is 25.9 Å². The van der Waals surface area contributed by atoms with Crippen LogP contribution in [-0.2, 0) is 11.2 Å². The zero-order valence-corrected chi connectivity index (χ0v) is 13.1. The summed E-state index contributed by atoms with van der Waals surface area (Å²) in [4.78, 5) is 12.4. The molecule has 120 valence electrons. The molecule has 2 N–H and O–H groups in total. The number of benzene rings is 2. The molecule has 1 aromatic heterocycles. The van der Waals surface area contributed by atoms with E-state index in [1.807, 2.05) is 18.2 Å². The summed E-state index contributed by atoms with van der Waals surface area (Å²) in [5.41, 5.74) is 2.33. The maximum Gasteiger partial charge on any atom is 0.265 e. The van der Waals surface area contributed by atoms with Gasteiger partial charge in [0.2, 0.25) is 5.82 Å². The summed E-state index contributed by atoms with van der Waals surface area (Å²) in [6, 6.07) is 12.6. The standard InChI is InChI=1S/C16H12ClN5O2/c17-11-4-5-13-10(6-11)8-14(24-13)16(23)18-12-3-1-2-9(7-12)15-19-21-22-20-15/h1-7,14H,8H2,(H,18,23)(H,19,20,21,22). The number of nitrogens with zero attached hydrogens (tertiary/aromatic N) is 3. The fourth-order valence-corrected chi connectivity index (χ4v) is 2.80. The second kappa shape index (κ2) is 5.93. The van der Waals surface area contributed by atoms with Crippen LogP contribution in [0.25, 0.3) is 11.4 Å². The summed E-state index contributed by atoms with van der Waals surface area (Å²) in [5, 5.41) is 17.3. The van der Waals surface area contributed by atoms with Crippen LogP contribution in [0.5, 0.6) is 5.75 Å². The van der Waals surface area contributed by atoms with Crippen molar-refractivity contribution in [1.82, 2.24) is 20.6 Å². The third-order valence-corrected chi connectivity index (χ3v) is 3.96. The molecule has 8 heteroatoms. The highest BCUT2D eigenvalue weighted by atomic mass is 35.5. The van der Waals surface area contributed by atoms with E-state index in [0.717, 1.165) is 11.1 Å². The second-order valence-corrected chi connectivity index (χ2v) is 5.80. The second-order valence-electron chi connectivity index (χ2n) is 5.37. The smallest absolute Gasteiger partial charge is 0.265 e. The van der Waals surface area contributed by atoms with Crippen LogP contribution in [0.4, 0.5) is 5.69 Å². The first-order valence-electron chi connectivity index (χ1n) is 7.29. The SMILES string of the molecule is O=C(Nc1cccc(-c2nn[nH]n2)c1)C1Cc2cc(Cl)ccc2O1. The Hall–Kier alpha value is -2.93. The highest BCUT2D eigenvalue weighted by Gasteiger charge is 2.29. The van der Waals surface area contributed by atoms with Crippen LogP contribution >= 0.6 is 11.6 Å². The summed E-state index contributed by atoms with van der Waals surface area (Å²) < 4.78 is 5.69. The molecule has 0 radical (unpaired) electrons. The molecule has 4 rings (SSSR count). The molecular formula is C16H12ClN5O2. The van der Waals surface area contributed by atoms with Gasteiger partial charge in [-0.1, -0.05) is 23.7 Å². The fourth-order valence-electron chi connectivity index (χ4n) is 2.61. The number of tetrazole rings is 1. The monoisotopic (exact) mass is 341 g/mol. The molecule has 0 fully saturated rings. The van der Waals surface area contributed by atoms with E-state index < -0.39 is 6.10 Å². The number of aromatic nitrogens is 4. The lowest BCUT2D eigenvalue weighted by Gasteiger charge is -2.11. The van der Waals surface area contributed by atoms with Crippen molar-refractivity contribution in [2.24, 2.45) is 0 Å². The molecule has 1 aliphatic rings. The minimum atomic E-state index is -0.577. The van der Waals surface area contributed by atoms with E-state index in [9.17, 15) is 4.79 Å². The Morgan fingerprint density at radius 1 is 1.29 bits per heavy atom. The molecule has 0 aliphatic carbocycles. The first kappa shape index (κ1) is 14.6. The number of carbonyl (C=O) groups is 1. The number of aromatic amines is 1. The Kier molecular flexibility index (Phi) is 3.62. The van der Waals surface area contributed by atoms with Gasteiger partial charge in [0.25, 0.3) is 5.91 Å². The first-order valence-corrected chi connectivity index (χ1v) is 7.67. The van der Waals surface area contributed by atoms with Crippen molar-refractivity contribution in [3.63, 3.8) is 0 Å². The Morgan fingerprint density at radius 3 is 3.04 bits per heavy atom. The topological polar surface area (TPSA) is 92.8 Å². The van der Waals surface area contributed by atoms with Crippen molar-refractivity contribution in [3.8, 4) is 17.1 Å². The van der Waals surface area contributed by atoms with Crippen molar-refractivity contribution in [2.45, 2.75) is 12.5 Å². The van der Waals surface area contributed by atoms with E-state index in [1.54, 1.807) is 24.3 Å². The highest BCUT2D eigenvalue weighted by Crippen LogP contribution is 2.31. The van der Waals surface area contributed by atoms with Gasteiger partial charge in [-0.25, -0.2) is 0 Å². The number of amides is 1. The molecule has 1 atom stereocenters. The quantitative estimate of drug-likeness (QED) is 0.763. The van der Waals surface area contributed by atoms with Crippen LogP contribution in [0, 0.1) is 0 Å². The highest BCUT2D eigenvalue weighted by molar-refractivity contribution is 6.30. The van der Waals surface area contributed by atoms with E-state index >= 15 is 0 Å². The first-order chi connectivity index (χ1) is 11.7. The van der Waals surface area contributed by atoms with E-state index in [-0.39, 0.29) is 5.91 Å². The summed E-state index contributed by atoms with van der Waals surface area (Å²) in [5.74, 6) is 0.943. The van der Waals surface area contributed by atoms with Crippen LogP contribution in [0.2, 0.25) is 5.02 Å². The third-order valence-electron chi connectivity index (χ3n) is 3.72. The molecule has 3 aromatic rings. The lowest BCUT2D eigenvalue weighted by molar-refractivity contribution is -0.122. The molecule has 0 saturated carbocycles. The molecular weight excluding hydrogens is 330 g/mol. The summed E-state index contributed by atoms with van der Waals surface area (Å²) in [7, 11) is 0. The normalized spacial score (nSPS) is 15.6. The molecule has 7 nitrogen and oxygen atoms in total. The van der Waals surface area contributed by atoms with Gasteiger partial charge in [0, 0.05) is 22.7 Å². The van der Waals surface area contributed by atoms with Crippen LogP contribution in [0.15, 0.2) is 42.5 Å². The van der Waals surface area contributed by atoms with Crippen LogP contribution in [0.3, 0.4) is 0 Å². The number of fused-ring (bicyclic) bond motifs is 1. The number of rotatable bonds is 3. The molecule has 2 aromatic carbocycles. The van der Waals surface area contributed by atoms with Gasteiger partial charge in [-0.15, -0.1) is 10.2 Å². The molecule has 1 amide bonds. The van der Waals surface area contributed by atoms with Crippen molar-refractivity contribution in [1.29, 1.82) is 0 Å². The minimum absolute atomic E-state index is 0.215. The Balaban J connectivity index is 1.48. The predicted octanol–water partition coefficient (Wildman–Crippen LogP) is 2.46. The van der Waals surface area contributed by atoms with E-state index in [0.29, 0.717) is 28.7 Å². The summed E-state index contributed by atoms with van der Waals surface area (Å²) >= 11 is 5.97. The van der Waals surface area contributed by atoms with Crippen LogP contribution in [0.1, 0.15) is 5.56 Å². The van der Waals surface area contributed by atoms with Gasteiger partial charge in [-0.3, -0.25) is 4.79 Å². The van der Waals surface area contributed by atoms with Gasteiger partial charge in [0.15, 0.2) is 6.10 Å². The number of hydrogen-bond donors (Lipinski definition) is 2. The van der Waals surface area contributed by atoms with Gasteiger partial charge in [0.05, 0.1) is 0 Å². The van der Waals surface area contributed by atoms with Crippen molar-refractivity contribution >= 4 is 23.2 Å². The molecule has 1 aliphatic heterocycles. The van der Waals surface area contributed by atoms with Crippen LogP contribution < -0.4 is 10.1 Å². The molecule has 1 unspecified atom stereocenters. The Bertz CT molecular complexity index is 897. The number of anilines is 1. The molecule has 2 heterocycles. The predicted molar refractivity (Wildman–Crippen MR) is 87.8 cm³/mol. The minimum Gasteiger partial charge on any atom is -0.480 e. The molecule has 0 spiro atoms. The van der Waals surface area contributed by atoms with E-state index in [4.69, 9.17) is 16.3 Å². The summed E-state index contributed by atoms with van der Waals surface area (Å²) in [6.45, 7) is 0. The maximum absolute atomic E-state index is 12.4. The number of carbonyl (C=O) groups excluding carboxylic acids is 1. The van der Waals surface area contributed by atoms with Crippen LogP contribution in [-0.4, -0.2) is 32.6 Å². The number of H-pyrrole nitrogens is 1. The Morgan fingerprint density at radius 2 is 2.21 bits per heavy atom. The van der Waals surface area contributed by atoms with Gasteiger partial charge < -0.3 is 10.1 Å². The van der Waals surface area contributed by atoms with Gasteiger partial charge in [-0.05, 0) is 41.1 Å². The zero-order chi connectivity index (χ0) is 16.5. The lowest BCUT2D eigenvalue weighted by atomic mass is 10.1. The molecule has 24 heavy (non-hydrogen) atoms. The van der Waals surface area contributed by atoms with Crippen molar-refractivity contribution < 1.29 is 9.53 Å². The van der Waals surface area contributed by atoms with Gasteiger partial charge in [0.1, 0.15) is 5.75 Å². The molecule has 0 bridgehead atoms. The van der Waals surface area contributed by atoms with E-state index in [1.165, 1.54) is 0 Å². The number of nitrogens with one attached hydrogen (secondary N) is 2.